The predicted octanol–water partition coefficient (Wildman–Crippen LogP) is 1.25. The first-order chi connectivity index (χ1) is 8.02. The second kappa shape index (κ2) is 5.89. The molecule has 0 radical (unpaired) electrons. The van der Waals surface area contributed by atoms with Gasteiger partial charge in [0.2, 0.25) is 0 Å². The van der Waals surface area contributed by atoms with Gasteiger partial charge in [-0.3, -0.25) is 4.79 Å². The Kier molecular flexibility index (Phi) is 4.51. The van der Waals surface area contributed by atoms with E-state index in [4.69, 9.17) is 9.84 Å². The van der Waals surface area contributed by atoms with Crippen LogP contribution in [0, 0.1) is 0 Å². The summed E-state index contributed by atoms with van der Waals surface area (Å²) >= 11 is 0. The van der Waals surface area contributed by atoms with Crippen LogP contribution in [0.4, 0.5) is 0 Å². The highest BCUT2D eigenvalue weighted by Gasteiger charge is 2.14. The van der Waals surface area contributed by atoms with Gasteiger partial charge in [0.05, 0.1) is 13.5 Å². The largest absolute Gasteiger partial charge is 0.481 e. The molecule has 5 heteroatoms. The third kappa shape index (κ3) is 4.14. The number of carboxylic acid groups (broad SMARTS) is 1. The van der Waals surface area contributed by atoms with Crippen molar-refractivity contribution in [3.63, 3.8) is 0 Å². The van der Waals surface area contributed by atoms with E-state index in [9.17, 15) is 9.59 Å². The molecule has 0 aromatic heterocycles. The molecular weight excluding hydrogens is 224 g/mol. The van der Waals surface area contributed by atoms with E-state index in [1.165, 1.54) is 7.11 Å². The van der Waals surface area contributed by atoms with Gasteiger partial charge < -0.3 is 14.6 Å². The molecule has 0 heterocycles. The van der Waals surface area contributed by atoms with Crippen molar-refractivity contribution in [2.75, 3.05) is 7.11 Å². The third-order valence-corrected chi connectivity index (χ3v) is 2.12. The number of carboxylic acids is 1. The monoisotopic (exact) mass is 238 g/mol. The van der Waals surface area contributed by atoms with Gasteiger partial charge in [-0.05, 0) is 24.6 Å². The van der Waals surface area contributed by atoms with Crippen LogP contribution in [0.2, 0.25) is 0 Å². The number of ether oxygens (including phenoxy) is 2. The first-order valence-electron chi connectivity index (χ1n) is 5.08. The molecular formula is C12H14O5. The van der Waals surface area contributed by atoms with E-state index in [2.05, 4.69) is 4.74 Å². The average Bonchev–Trinajstić information content (AvgIpc) is 2.30. The SMILES string of the molecule is COC(=O)C(C)Oc1ccc(CC(=O)O)cc1. The van der Waals surface area contributed by atoms with Crippen molar-refractivity contribution in [2.45, 2.75) is 19.4 Å². The molecule has 1 rings (SSSR count). The summed E-state index contributed by atoms with van der Waals surface area (Å²) in [6.45, 7) is 1.58. The molecule has 0 spiro atoms. The van der Waals surface area contributed by atoms with Crippen LogP contribution in [0.3, 0.4) is 0 Å². The minimum atomic E-state index is -0.887. The van der Waals surface area contributed by atoms with Crippen LogP contribution in [0.15, 0.2) is 24.3 Å². The first-order valence-corrected chi connectivity index (χ1v) is 5.08. The van der Waals surface area contributed by atoms with Gasteiger partial charge in [0.1, 0.15) is 5.75 Å². The molecule has 0 aliphatic rings. The minimum absolute atomic E-state index is 0.0349. The molecule has 1 unspecified atom stereocenters. The van der Waals surface area contributed by atoms with E-state index >= 15 is 0 Å². The molecule has 0 saturated carbocycles. The number of hydrogen-bond donors (Lipinski definition) is 1. The molecule has 1 N–H and O–H groups in total. The lowest BCUT2D eigenvalue weighted by atomic mass is 10.1. The van der Waals surface area contributed by atoms with Gasteiger partial charge in [0, 0.05) is 0 Å². The number of hydrogen-bond acceptors (Lipinski definition) is 4. The molecule has 0 bridgehead atoms. The predicted molar refractivity (Wildman–Crippen MR) is 59.9 cm³/mol. The third-order valence-electron chi connectivity index (χ3n) is 2.12. The first kappa shape index (κ1) is 13.0. The zero-order valence-electron chi connectivity index (χ0n) is 9.67. The lowest BCUT2D eigenvalue weighted by Crippen LogP contribution is -2.24. The molecule has 0 aliphatic carbocycles. The number of methoxy groups -OCH3 is 1. The summed E-state index contributed by atoms with van der Waals surface area (Å²) in [6.07, 6.45) is -0.724. The molecule has 0 aliphatic heterocycles. The van der Waals surface area contributed by atoms with Crippen molar-refractivity contribution in [1.29, 1.82) is 0 Å². The van der Waals surface area contributed by atoms with E-state index in [0.29, 0.717) is 11.3 Å². The maximum Gasteiger partial charge on any atom is 0.346 e. The van der Waals surface area contributed by atoms with Crippen LogP contribution in [0.1, 0.15) is 12.5 Å². The number of carbonyl (C=O) groups is 2. The van der Waals surface area contributed by atoms with E-state index < -0.39 is 18.0 Å². The molecule has 5 nitrogen and oxygen atoms in total. The fourth-order valence-electron chi connectivity index (χ4n) is 1.28. The molecule has 17 heavy (non-hydrogen) atoms. The average molecular weight is 238 g/mol. The van der Waals surface area contributed by atoms with Gasteiger partial charge >= 0.3 is 11.9 Å². The summed E-state index contributed by atoms with van der Waals surface area (Å²) in [7, 11) is 1.29. The van der Waals surface area contributed by atoms with Gasteiger partial charge in [-0.1, -0.05) is 12.1 Å². The molecule has 92 valence electrons. The van der Waals surface area contributed by atoms with Crippen LogP contribution in [-0.2, 0) is 20.7 Å². The van der Waals surface area contributed by atoms with Crippen LogP contribution in [-0.4, -0.2) is 30.3 Å². The van der Waals surface area contributed by atoms with Crippen molar-refractivity contribution in [1.82, 2.24) is 0 Å². The Bertz CT molecular complexity index is 396. The van der Waals surface area contributed by atoms with E-state index in [0.717, 1.165) is 0 Å². The Morgan fingerprint density at radius 3 is 2.35 bits per heavy atom. The Labute approximate surface area is 99.0 Å². The molecule has 1 aromatic rings. The molecule has 1 aromatic carbocycles. The van der Waals surface area contributed by atoms with Gasteiger partial charge in [0.25, 0.3) is 0 Å². The van der Waals surface area contributed by atoms with Crippen molar-refractivity contribution in [3.05, 3.63) is 29.8 Å². The summed E-state index contributed by atoms with van der Waals surface area (Å²) in [5.41, 5.74) is 0.676. The summed E-state index contributed by atoms with van der Waals surface area (Å²) in [5, 5.41) is 8.59. The molecule has 0 amide bonds. The Hall–Kier alpha value is -2.04. The van der Waals surface area contributed by atoms with E-state index in [1.807, 2.05) is 0 Å². The highest BCUT2D eigenvalue weighted by Crippen LogP contribution is 2.14. The number of carbonyl (C=O) groups excluding carboxylic acids is 1. The van der Waals surface area contributed by atoms with E-state index in [1.54, 1.807) is 31.2 Å². The van der Waals surface area contributed by atoms with Crippen molar-refractivity contribution in [3.8, 4) is 5.75 Å². The van der Waals surface area contributed by atoms with Crippen molar-refractivity contribution in [2.24, 2.45) is 0 Å². The number of rotatable bonds is 5. The fraction of sp³-hybridized carbons (Fsp3) is 0.333. The normalized spacial score (nSPS) is 11.6. The summed E-state index contributed by atoms with van der Waals surface area (Å²) in [6, 6.07) is 6.54. The lowest BCUT2D eigenvalue weighted by Gasteiger charge is -2.12. The van der Waals surface area contributed by atoms with Crippen LogP contribution >= 0.6 is 0 Å². The highest BCUT2D eigenvalue weighted by molar-refractivity contribution is 5.74. The quantitative estimate of drug-likeness (QED) is 0.781. The topological polar surface area (TPSA) is 72.8 Å². The molecule has 0 fully saturated rings. The Morgan fingerprint density at radius 2 is 1.88 bits per heavy atom. The number of aliphatic carboxylic acids is 1. The van der Waals surface area contributed by atoms with Gasteiger partial charge in [0.15, 0.2) is 6.10 Å². The van der Waals surface area contributed by atoms with Crippen LogP contribution in [0.25, 0.3) is 0 Å². The molecule has 0 saturated heterocycles. The summed E-state index contributed by atoms with van der Waals surface area (Å²) < 4.78 is 9.82. The van der Waals surface area contributed by atoms with Crippen LogP contribution < -0.4 is 4.74 Å². The van der Waals surface area contributed by atoms with Gasteiger partial charge in [-0.15, -0.1) is 0 Å². The maximum absolute atomic E-state index is 11.1. The fourth-order valence-corrected chi connectivity index (χ4v) is 1.28. The summed E-state index contributed by atoms with van der Waals surface area (Å²) in [5.74, 6) is -0.849. The Morgan fingerprint density at radius 1 is 1.29 bits per heavy atom. The number of benzene rings is 1. The zero-order valence-corrected chi connectivity index (χ0v) is 9.67. The zero-order chi connectivity index (χ0) is 12.8. The number of esters is 1. The highest BCUT2D eigenvalue weighted by atomic mass is 16.6. The maximum atomic E-state index is 11.1. The molecule has 1 atom stereocenters. The second-order valence-corrected chi connectivity index (χ2v) is 3.50. The van der Waals surface area contributed by atoms with Crippen molar-refractivity contribution < 1.29 is 24.2 Å². The van der Waals surface area contributed by atoms with Crippen molar-refractivity contribution >= 4 is 11.9 Å². The lowest BCUT2D eigenvalue weighted by molar-refractivity contribution is -0.147. The standard InChI is InChI=1S/C12H14O5/c1-8(12(15)16-2)17-10-5-3-9(4-6-10)7-11(13)14/h3-6,8H,7H2,1-2H3,(H,13,14). The Balaban J connectivity index is 2.62. The van der Waals surface area contributed by atoms with Gasteiger partial charge in [-0.25, -0.2) is 4.79 Å². The second-order valence-electron chi connectivity index (χ2n) is 3.50. The van der Waals surface area contributed by atoms with E-state index in [-0.39, 0.29) is 6.42 Å². The van der Waals surface area contributed by atoms with Crippen LogP contribution in [0.5, 0.6) is 5.75 Å². The van der Waals surface area contributed by atoms with Gasteiger partial charge in [-0.2, -0.15) is 0 Å². The summed E-state index contributed by atoms with van der Waals surface area (Å²) in [4.78, 5) is 21.6. The minimum Gasteiger partial charge on any atom is -0.481 e. The smallest absolute Gasteiger partial charge is 0.346 e.